The first-order valence-electron chi connectivity index (χ1n) is 9.99. The number of nitrogens with one attached hydrogen (secondary N) is 1. The standard InChI is InChI=1S/C23H19BrN6OS/c1-15-22-19(20-3-2-10-32-20)8-9-25-23(22)30(28-15)14-21(31)27-18-6-4-16(5-7-18)12-29-13-17(24)11-26-29/h2-11,13H,12,14H2,1H3,(H,27,31). The van der Waals surface area contributed by atoms with Gasteiger partial charge in [-0.1, -0.05) is 18.2 Å². The highest BCUT2D eigenvalue weighted by molar-refractivity contribution is 9.10. The summed E-state index contributed by atoms with van der Waals surface area (Å²) in [6.45, 7) is 2.71. The van der Waals surface area contributed by atoms with Gasteiger partial charge in [0.05, 0.1) is 28.3 Å². The Labute approximate surface area is 196 Å². The minimum Gasteiger partial charge on any atom is -0.324 e. The molecule has 0 aliphatic carbocycles. The van der Waals surface area contributed by atoms with Crippen LogP contribution in [0.2, 0.25) is 0 Å². The van der Waals surface area contributed by atoms with Gasteiger partial charge in [0.15, 0.2) is 5.65 Å². The molecule has 4 heterocycles. The number of halogens is 1. The Morgan fingerprint density at radius 1 is 1.19 bits per heavy atom. The molecule has 5 aromatic rings. The second-order valence-electron chi connectivity index (χ2n) is 7.38. The smallest absolute Gasteiger partial charge is 0.246 e. The number of rotatable bonds is 6. The van der Waals surface area contributed by atoms with Crippen LogP contribution in [0.15, 0.2) is 70.9 Å². The molecule has 5 rings (SSSR count). The molecule has 0 bridgehead atoms. The largest absolute Gasteiger partial charge is 0.324 e. The predicted octanol–water partition coefficient (Wildman–Crippen LogP) is 5.11. The molecule has 32 heavy (non-hydrogen) atoms. The lowest BCUT2D eigenvalue weighted by Gasteiger charge is -2.08. The number of benzene rings is 1. The van der Waals surface area contributed by atoms with Crippen molar-refractivity contribution in [1.29, 1.82) is 0 Å². The minimum atomic E-state index is -0.151. The number of hydrogen-bond donors (Lipinski definition) is 1. The van der Waals surface area contributed by atoms with Crippen molar-refractivity contribution in [3.05, 3.63) is 82.2 Å². The van der Waals surface area contributed by atoms with Gasteiger partial charge < -0.3 is 5.32 Å². The first-order valence-corrected chi connectivity index (χ1v) is 11.7. The molecule has 0 saturated heterocycles. The van der Waals surface area contributed by atoms with Gasteiger partial charge in [-0.3, -0.25) is 9.48 Å². The van der Waals surface area contributed by atoms with Crippen LogP contribution in [-0.2, 0) is 17.9 Å². The second kappa shape index (κ2) is 8.68. The lowest BCUT2D eigenvalue weighted by molar-refractivity contribution is -0.116. The quantitative estimate of drug-likeness (QED) is 0.346. The molecule has 0 aliphatic heterocycles. The third kappa shape index (κ3) is 4.21. The highest BCUT2D eigenvalue weighted by atomic mass is 79.9. The Kier molecular flexibility index (Phi) is 5.59. The maximum Gasteiger partial charge on any atom is 0.246 e. The van der Waals surface area contributed by atoms with Gasteiger partial charge in [-0.2, -0.15) is 10.2 Å². The predicted molar refractivity (Wildman–Crippen MR) is 130 cm³/mol. The van der Waals surface area contributed by atoms with E-state index < -0.39 is 0 Å². The van der Waals surface area contributed by atoms with Crippen LogP contribution in [0, 0.1) is 6.92 Å². The highest BCUT2D eigenvalue weighted by Gasteiger charge is 2.16. The highest BCUT2D eigenvalue weighted by Crippen LogP contribution is 2.32. The van der Waals surface area contributed by atoms with Crippen LogP contribution in [0.25, 0.3) is 21.5 Å². The van der Waals surface area contributed by atoms with Crippen molar-refractivity contribution in [2.45, 2.75) is 20.0 Å². The Balaban J connectivity index is 1.31. The van der Waals surface area contributed by atoms with Gasteiger partial charge in [0.2, 0.25) is 5.91 Å². The van der Waals surface area contributed by atoms with Gasteiger partial charge in [-0.05, 0) is 58.1 Å². The van der Waals surface area contributed by atoms with Gasteiger partial charge in [0.25, 0.3) is 0 Å². The van der Waals surface area contributed by atoms with Gasteiger partial charge in [0.1, 0.15) is 6.54 Å². The van der Waals surface area contributed by atoms with Crippen molar-refractivity contribution in [2.75, 3.05) is 5.32 Å². The summed E-state index contributed by atoms with van der Waals surface area (Å²) >= 11 is 5.08. The van der Waals surface area contributed by atoms with Gasteiger partial charge in [-0.15, -0.1) is 11.3 Å². The van der Waals surface area contributed by atoms with Crippen molar-refractivity contribution < 1.29 is 4.79 Å². The van der Waals surface area contributed by atoms with Crippen LogP contribution in [-0.4, -0.2) is 30.5 Å². The van der Waals surface area contributed by atoms with Crippen molar-refractivity contribution in [1.82, 2.24) is 24.5 Å². The summed E-state index contributed by atoms with van der Waals surface area (Å²) in [7, 11) is 0. The summed E-state index contributed by atoms with van der Waals surface area (Å²) in [5.74, 6) is -0.151. The molecule has 1 amide bonds. The van der Waals surface area contributed by atoms with E-state index in [-0.39, 0.29) is 12.5 Å². The van der Waals surface area contributed by atoms with Gasteiger partial charge in [0, 0.05) is 28.5 Å². The van der Waals surface area contributed by atoms with Crippen LogP contribution < -0.4 is 5.32 Å². The van der Waals surface area contributed by atoms with E-state index in [0.717, 1.165) is 37.2 Å². The third-order valence-electron chi connectivity index (χ3n) is 5.07. The molecule has 0 radical (unpaired) electrons. The minimum absolute atomic E-state index is 0.0916. The summed E-state index contributed by atoms with van der Waals surface area (Å²) in [4.78, 5) is 18.4. The zero-order valence-electron chi connectivity index (χ0n) is 17.2. The number of nitrogens with zero attached hydrogens (tertiary/aromatic N) is 5. The van der Waals surface area contributed by atoms with Gasteiger partial charge in [-0.25, -0.2) is 9.67 Å². The Morgan fingerprint density at radius 2 is 2.03 bits per heavy atom. The monoisotopic (exact) mass is 506 g/mol. The summed E-state index contributed by atoms with van der Waals surface area (Å²) in [5.41, 5.74) is 4.50. The van der Waals surface area contributed by atoms with Crippen molar-refractivity contribution in [2.24, 2.45) is 0 Å². The summed E-state index contributed by atoms with van der Waals surface area (Å²) in [5, 5.41) is 14.8. The van der Waals surface area contributed by atoms with Crippen molar-refractivity contribution >= 4 is 49.9 Å². The van der Waals surface area contributed by atoms with Crippen LogP contribution in [0.3, 0.4) is 0 Å². The second-order valence-corrected chi connectivity index (χ2v) is 9.24. The fraction of sp³-hybridized carbons (Fsp3) is 0.130. The molecule has 0 atom stereocenters. The van der Waals surface area contributed by atoms with Crippen LogP contribution in [0.4, 0.5) is 5.69 Å². The van der Waals surface area contributed by atoms with E-state index in [1.54, 1.807) is 28.4 Å². The molecule has 0 aliphatic rings. The molecule has 0 spiro atoms. The van der Waals surface area contributed by atoms with E-state index in [9.17, 15) is 4.79 Å². The number of amides is 1. The van der Waals surface area contributed by atoms with Crippen LogP contribution in [0.1, 0.15) is 11.3 Å². The number of thiophene rings is 1. The van der Waals surface area contributed by atoms with Gasteiger partial charge >= 0.3 is 0 Å². The third-order valence-corrected chi connectivity index (χ3v) is 6.38. The van der Waals surface area contributed by atoms with Crippen molar-refractivity contribution in [3.8, 4) is 10.4 Å². The Morgan fingerprint density at radius 3 is 2.75 bits per heavy atom. The molecule has 0 unspecified atom stereocenters. The number of carbonyl (C=O) groups is 1. The summed E-state index contributed by atoms with van der Waals surface area (Å²) in [6, 6.07) is 13.9. The number of carbonyl (C=O) groups excluding carboxylic acids is 1. The Bertz CT molecular complexity index is 1390. The molecule has 4 aromatic heterocycles. The average Bonchev–Trinajstić information content (AvgIpc) is 3.52. The zero-order chi connectivity index (χ0) is 22.1. The fourth-order valence-electron chi connectivity index (χ4n) is 3.67. The number of fused-ring (bicyclic) bond motifs is 1. The fourth-order valence-corrected chi connectivity index (χ4v) is 4.76. The van der Waals surface area contributed by atoms with E-state index in [2.05, 4.69) is 42.5 Å². The Hall–Kier alpha value is -3.30. The van der Waals surface area contributed by atoms with E-state index in [1.165, 1.54) is 0 Å². The van der Waals surface area contributed by atoms with Crippen LogP contribution >= 0.6 is 27.3 Å². The van der Waals surface area contributed by atoms with E-state index in [4.69, 9.17) is 0 Å². The van der Waals surface area contributed by atoms with E-state index in [0.29, 0.717) is 12.2 Å². The molecule has 1 N–H and O–H groups in total. The lowest BCUT2D eigenvalue weighted by Crippen LogP contribution is -2.19. The number of hydrogen-bond acceptors (Lipinski definition) is 5. The van der Waals surface area contributed by atoms with E-state index in [1.807, 2.05) is 59.6 Å². The average molecular weight is 507 g/mol. The number of aryl methyl sites for hydroxylation is 1. The first kappa shape index (κ1) is 20.6. The molecule has 160 valence electrons. The number of anilines is 1. The van der Waals surface area contributed by atoms with Crippen molar-refractivity contribution in [3.63, 3.8) is 0 Å². The summed E-state index contributed by atoms with van der Waals surface area (Å²) in [6.07, 6.45) is 5.45. The SMILES string of the molecule is Cc1nn(CC(=O)Nc2ccc(Cn3cc(Br)cn3)cc2)c2nccc(-c3cccs3)c12. The number of pyridine rings is 1. The van der Waals surface area contributed by atoms with E-state index >= 15 is 0 Å². The first-order chi connectivity index (χ1) is 15.6. The zero-order valence-corrected chi connectivity index (χ0v) is 19.6. The lowest BCUT2D eigenvalue weighted by atomic mass is 10.1. The number of aromatic nitrogens is 5. The molecular formula is C23H19BrN6OS. The maximum absolute atomic E-state index is 12.7. The molecule has 1 aromatic carbocycles. The molecule has 9 heteroatoms. The maximum atomic E-state index is 12.7. The van der Waals surface area contributed by atoms with Crippen LogP contribution in [0.5, 0.6) is 0 Å². The topological polar surface area (TPSA) is 77.6 Å². The molecule has 0 fully saturated rings. The molecule has 7 nitrogen and oxygen atoms in total. The summed E-state index contributed by atoms with van der Waals surface area (Å²) < 4.78 is 4.46. The molecular weight excluding hydrogens is 488 g/mol. The normalized spacial score (nSPS) is 11.2. The molecule has 0 saturated carbocycles.